The summed E-state index contributed by atoms with van der Waals surface area (Å²) in [5.74, 6) is -25.3. The van der Waals surface area contributed by atoms with Crippen LogP contribution in [0.25, 0.3) is 22.3 Å². The summed E-state index contributed by atoms with van der Waals surface area (Å²) in [6.07, 6.45) is 0. The van der Waals surface area contributed by atoms with Gasteiger partial charge >= 0.3 is 0 Å². The van der Waals surface area contributed by atoms with Crippen LogP contribution in [0.4, 0.5) is 43.9 Å². The van der Waals surface area contributed by atoms with Gasteiger partial charge in [-0.1, -0.05) is 12.1 Å². The van der Waals surface area contributed by atoms with Gasteiger partial charge in [-0.25, -0.2) is 43.9 Å². The number of nitrogens with one attached hydrogen (secondary N) is 4. The number of hydrogen-bond donors (Lipinski definition) is 8. The number of H-pyrrole nitrogens is 4. The number of aromatic amines is 4. The number of fused-ring (bicyclic) bond motifs is 8. The Morgan fingerprint density at radius 1 is 0.258 bits per heavy atom. The molecule has 0 fully saturated rings. The second kappa shape index (κ2) is 14.3. The zero-order chi connectivity index (χ0) is 44.0. The van der Waals surface area contributed by atoms with E-state index >= 15 is 17.6 Å². The standard InChI is InChI=1S/C44H22F10N4O4/c45-35-33(36(46)40(50)43(53)39(35)49)29-19-11-7-15(55-19)27(31-23(59)3-1-4-24(31)60)16-8-12-20(56-16)30(34-37(47)41(51)44(54)42(52)38(34)48)22-14-10-18(58-22)28(17-9-13-21(29)57-17)32-25(61)5-2-6-26(32)62/h1-14,55-62H. The van der Waals surface area contributed by atoms with Gasteiger partial charge in [-0.15, -0.1) is 0 Å². The molecule has 0 saturated heterocycles. The second-order valence-corrected chi connectivity index (χ2v) is 13.9. The number of rotatable bonds is 4. The van der Waals surface area contributed by atoms with Crippen LogP contribution in [0.5, 0.6) is 23.0 Å². The first-order chi connectivity index (χ1) is 29.6. The van der Waals surface area contributed by atoms with Gasteiger partial charge < -0.3 is 40.4 Å². The average Bonchev–Trinajstić information content (AvgIpc) is 4.10. The molecule has 0 radical (unpaired) electrons. The van der Waals surface area contributed by atoms with E-state index < -0.39 is 103 Å². The summed E-state index contributed by atoms with van der Waals surface area (Å²) in [5, 5.41) is 43.4. The first-order valence-corrected chi connectivity index (χ1v) is 17.9. The molecule has 18 heteroatoms. The Kier molecular flexibility index (Phi) is 9.11. The molecular weight excluding hydrogens is 838 g/mol. The molecule has 0 amide bonds. The van der Waals surface area contributed by atoms with Gasteiger partial charge in [0.05, 0.1) is 22.3 Å². The van der Waals surface area contributed by atoms with Gasteiger partial charge in [0.15, 0.2) is 46.5 Å². The van der Waals surface area contributed by atoms with Crippen LogP contribution in [0.3, 0.4) is 0 Å². The van der Waals surface area contributed by atoms with Crippen LogP contribution in [0.2, 0.25) is 0 Å². The lowest BCUT2D eigenvalue weighted by atomic mass is 10.00. The molecular formula is C44H22F10N4O4. The predicted molar refractivity (Wildman–Crippen MR) is 200 cm³/mol. The van der Waals surface area contributed by atoms with Crippen LogP contribution >= 0.6 is 0 Å². The molecule has 4 aromatic heterocycles. The van der Waals surface area contributed by atoms with Gasteiger partial charge in [-0.05, 0) is 72.8 Å². The molecule has 0 saturated carbocycles. The van der Waals surface area contributed by atoms with Crippen molar-refractivity contribution in [2.24, 2.45) is 0 Å². The predicted octanol–water partition coefficient (Wildman–Crippen LogP) is 6.52. The van der Waals surface area contributed by atoms with Crippen molar-refractivity contribution in [1.29, 1.82) is 0 Å². The molecule has 8 bridgehead atoms. The number of aromatic nitrogens is 4. The smallest absolute Gasteiger partial charge is 0.200 e. The Bertz CT molecular complexity index is 3170. The topological polar surface area (TPSA) is 144 Å². The highest BCUT2D eigenvalue weighted by molar-refractivity contribution is 5.88. The van der Waals surface area contributed by atoms with E-state index in [1.54, 1.807) is 0 Å². The number of hydrogen-bond acceptors (Lipinski definition) is 4. The zero-order valence-corrected chi connectivity index (χ0v) is 30.7. The molecule has 8 aromatic rings. The highest BCUT2D eigenvalue weighted by atomic mass is 19.2. The number of benzene rings is 4. The summed E-state index contributed by atoms with van der Waals surface area (Å²) in [7, 11) is 0. The summed E-state index contributed by atoms with van der Waals surface area (Å²) in [6.45, 7) is 0. The van der Waals surface area contributed by atoms with Crippen LogP contribution < -0.4 is 21.4 Å². The van der Waals surface area contributed by atoms with Gasteiger partial charge in [-0.2, -0.15) is 0 Å². The van der Waals surface area contributed by atoms with Gasteiger partial charge in [0.2, 0.25) is 11.6 Å². The lowest BCUT2D eigenvalue weighted by molar-refractivity contribution is 0.376. The number of phenolic OH excluding ortho intramolecular Hbond substituents is 4. The molecule has 8 nitrogen and oxygen atoms in total. The lowest BCUT2D eigenvalue weighted by Crippen LogP contribution is -2.21. The fourth-order valence-corrected chi connectivity index (χ4v) is 7.62. The Morgan fingerprint density at radius 2 is 0.484 bits per heavy atom. The minimum absolute atomic E-state index is 0.142. The summed E-state index contributed by atoms with van der Waals surface area (Å²) < 4.78 is 152. The molecule has 62 heavy (non-hydrogen) atoms. The van der Waals surface area contributed by atoms with Gasteiger partial charge in [0, 0.05) is 66.5 Å². The minimum atomic E-state index is -2.44. The molecule has 312 valence electrons. The zero-order valence-electron chi connectivity index (χ0n) is 30.7. The van der Waals surface area contributed by atoms with Crippen LogP contribution in [-0.2, 0) is 0 Å². The van der Waals surface area contributed by atoms with E-state index in [2.05, 4.69) is 19.9 Å². The average molecular weight is 861 g/mol. The third kappa shape index (κ3) is 5.85. The van der Waals surface area contributed by atoms with Crippen molar-refractivity contribution in [2.45, 2.75) is 0 Å². The molecule has 0 aliphatic carbocycles. The van der Waals surface area contributed by atoms with Crippen LogP contribution in [0, 0.1) is 58.2 Å². The molecule has 0 spiro atoms. The number of halogens is 10. The van der Waals surface area contributed by atoms with Crippen LogP contribution in [0.1, 0.15) is 45.0 Å². The third-order valence-electron chi connectivity index (χ3n) is 10.4. The van der Waals surface area contributed by atoms with Gasteiger partial charge in [0.25, 0.3) is 0 Å². The molecule has 9 rings (SSSR count). The van der Waals surface area contributed by atoms with E-state index in [0.29, 0.717) is 0 Å². The van der Waals surface area contributed by atoms with Crippen LogP contribution in [0.15, 0.2) is 84.9 Å². The summed E-state index contributed by atoms with van der Waals surface area (Å²) in [4.78, 5) is 11.3. The van der Waals surface area contributed by atoms with Crippen molar-refractivity contribution < 1.29 is 64.3 Å². The van der Waals surface area contributed by atoms with E-state index in [1.807, 2.05) is 0 Å². The van der Waals surface area contributed by atoms with Gasteiger partial charge in [-0.3, -0.25) is 0 Å². The van der Waals surface area contributed by atoms with Crippen molar-refractivity contribution in [3.63, 3.8) is 0 Å². The van der Waals surface area contributed by atoms with E-state index in [1.165, 1.54) is 36.4 Å². The molecule has 4 aromatic carbocycles. The molecule has 5 heterocycles. The summed E-state index contributed by atoms with van der Waals surface area (Å²) in [5.41, 5.74) is -6.16. The van der Waals surface area contributed by atoms with Crippen molar-refractivity contribution in [1.82, 2.24) is 19.9 Å². The van der Waals surface area contributed by atoms with Crippen molar-refractivity contribution in [2.75, 3.05) is 0 Å². The quantitative estimate of drug-likeness (QED) is 0.0580. The Balaban J connectivity index is 1.53. The first-order valence-electron chi connectivity index (χ1n) is 17.9. The second-order valence-electron chi connectivity index (χ2n) is 13.9. The maximum Gasteiger partial charge on any atom is 0.200 e. The van der Waals surface area contributed by atoms with E-state index in [9.17, 15) is 46.8 Å². The van der Waals surface area contributed by atoms with Crippen molar-refractivity contribution >= 4 is 22.3 Å². The maximum atomic E-state index is 15.9. The molecule has 0 unspecified atom stereocenters. The SMILES string of the molecule is Oc1cccc(O)c1C1=c2ccc([nH]2)=C(c2c(F)c(F)c(F)c(F)c2F)c2ccc([nH]2)C(c2c(O)cccc2O)=c2ccc([nH]2)=C(c2c(F)c(F)c(F)c(F)c2F)c2ccc1[nH]2. The maximum absolute atomic E-state index is 15.9. The fourth-order valence-electron chi connectivity index (χ4n) is 7.62. The lowest BCUT2D eigenvalue weighted by Gasteiger charge is -2.13. The van der Waals surface area contributed by atoms with Gasteiger partial charge in [0.1, 0.15) is 23.0 Å². The normalized spacial score (nSPS) is 12.8. The van der Waals surface area contributed by atoms with Crippen molar-refractivity contribution in [3.05, 3.63) is 210 Å². The van der Waals surface area contributed by atoms with E-state index in [-0.39, 0.29) is 66.4 Å². The van der Waals surface area contributed by atoms with Crippen molar-refractivity contribution in [3.8, 4) is 23.0 Å². The van der Waals surface area contributed by atoms with Crippen LogP contribution in [-0.4, -0.2) is 40.4 Å². The number of phenols is 4. The summed E-state index contributed by atoms with van der Waals surface area (Å²) >= 11 is 0. The van der Waals surface area contributed by atoms with E-state index in [0.717, 1.165) is 48.5 Å². The van der Waals surface area contributed by atoms with E-state index in [4.69, 9.17) is 0 Å². The fraction of sp³-hybridized carbons (Fsp3) is 0. The first kappa shape index (κ1) is 39.4. The highest BCUT2D eigenvalue weighted by Gasteiger charge is 2.32. The Morgan fingerprint density at radius 3 is 0.742 bits per heavy atom. The summed E-state index contributed by atoms with van der Waals surface area (Å²) in [6, 6.07) is 16.7. The highest BCUT2D eigenvalue weighted by Crippen LogP contribution is 2.39. The third-order valence-corrected chi connectivity index (χ3v) is 10.4. The Labute approximate surface area is 338 Å². The molecule has 0 atom stereocenters. The minimum Gasteiger partial charge on any atom is -0.507 e. The molecule has 1 aliphatic heterocycles. The Hall–Kier alpha value is -8.02. The number of aromatic hydroxyl groups is 4. The largest absolute Gasteiger partial charge is 0.507 e. The monoisotopic (exact) mass is 860 g/mol. The molecule has 8 N–H and O–H groups in total. The molecule has 1 aliphatic rings.